The Bertz CT molecular complexity index is 881. The Hall–Kier alpha value is -1.70. The normalized spacial score (nSPS) is 22.8. The Morgan fingerprint density at radius 3 is 2.80 bits per heavy atom. The van der Waals surface area contributed by atoms with E-state index in [1.165, 1.54) is 0 Å². The molecule has 0 fully saturated rings. The molecule has 25 heavy (non-hydrogen) atoms. The molecule has 0 spiro atoms. The molecule has 0 bridgehead atoms. The summed E-state index contributed by atoms with van der Waals surface area (Å²) in [5, 5.41) is 5.41. The molecule has 1 aliphatic heterocycles. The predicted octanol–water partition coefficient (Wildman–Crippen LogP) is 1.56. The zero-order chi connectivity index (χ0) is 18.1. The van der Waals surface area contributed by atoms with Gasteiger partial charge in [-0.15, -0.1) is 11.8 Å². The van der Waals surface area contributed by atoms with Crippen LogP contribution in [-0.2, 0) is 9.47 Å². The van der Waals surface area contributed by atoms with E-state index in [0.29, 0.717) is 28.3 Å². The highest BCUT2D eigenvalue weighted by Crippen LogP contribution is 2.39. The van der Waals surface area contributed by atoms with Crippen LogP contribution in [0.15, 0.2) is 27.4 Å². The third kappa shape index (κ3) is 3.23. The standard InChI is InChI=1S/C17H21ClN4O2S/c1-8-11(23-2)6-12(24-3)14(18)13(8)10-5-9-7-20-17(25-4)22-15(9)16(19)21-10/h5,7,12,17,20H,6H2,1-4H3,(H2,19,21). The maximum absolute atomic E-state index is 6.61. The molecule has 2 atom stereocenters. The molecule has 0 aromatic carbocycles. The van der Waals surface area contributed by atoms with Gasteiger partial charge in [0.2, 0.25) is 0 Å². The highest BCUT2D eigenvalue weighted by molar-refractivity contribution is 7.99. The van der Waals surface area contributed by atoms with E-state index in [9.17, 15) is 0 Å². The molecule has 2 aliphatic rings. The zero-order valence-electron chi connectivity index (χ0n) is 14.6. The van der Waals surface area contributed by atoms with Crippen molar-refractivity contribution >= 4 is 41.0 Å². The summed E-state index contributed by atoms with van der Waals surface area (Å²) in [4.78, 5) is 9.13. The smallest absolute Gasteiger partial charge is 0.166 e. The van der Waals surface area contributed by atoms with Crippen LogP contribution in [0, 0.1) is 0 Å². The number of nitrogen functional groups attached to an aromatic ring is 1. The number of anilines is 1. The number of nitrogens with two attached hydrogens (primary N) is 1. The van der Waals surface area contributed by atoms with Gasteiger partial charge in [0.05, 0.1) is 17.8 Å². The summed E-state index contributed by atoms with van der Waals surface area (Å²) < 4.78 is 11.0. The highest BCUT2D eigenvalue weighted by Gasteiger charge is 2.29. The summed E-state index contributed by atoms with van der Waals surface area (Å²) in [5.74, 6) is 1.21. The number of nitrogens with one attached hydrogen (secondary N) is 1. The first kappa shape index (κ1) is 18.1. The number of nitrogens with zero attached hydrogens (tertiary/aromatic N) is 2. The number of hydrogen-bond acceptors (Lipinski definition) is 7. The van der Waals surface area contributed by atoms with Gasteiger partial charge in [-0.05, 0) is 24.8 Å². The summed E-state index contributed by atoms with van der Waals surface area (Å²) in [6, 6.07) is 1.94. The van der Waals surface area contributed by atoms with Crippen molar-refractivity contribution in [2.24, 2.45) is 4.99 Å². The molecule has 2 unspecified atom stereocenters. The van der Waals surface area contributed by atoms with E-state index in [4.69, 9.17) is 26.8 Å². The molecule has 0 radical (unpaired) electrons. The fourth-order valence-corrected chi connectivity index (χ4v) is 3.84. The summed E-state index contributed by atoms with van der Waals surface area (Å²) in [6.45, 7) is 1.97. The molecule has 0 saturated carbocycles. The van der Waals surface area contributed by atoms with Gasteiger partial charge in [-0.1, -0.05) is 11.6 Å². The van der Waals surface area contributed by atoms with E-state index < -0.39 is 0 Å². The molecular weight excluding hydrogens is 360 g/mol. The monoisotopic (exact) mass is 380 g/mol. The summed E-state index contributed by atoms with van der Waals surface area (Å²) in [6.07, 6.45) is 4.23. The van der Waals surface area contributed by atoms with Crippen molar-refractivity contribution in [1.82, 2.24) is 10.3 Å². The Morgan fingerprint density at radius 2 is 2.16 bits per heavy atom. The van der Waals surface area contributed by atoms with Crippen LogP contribution in [0.25, 0.3) is 11.8 Å². The molecular formula is C17H21ClN4O2S. The van der Waals surface area contributed by atoms with Crippen LogP contribution in [0.4, 0.5) is 5.82 Å². The molecule has 134 valence electrons. The minimum Gasteiger partial charge on any atom is -0.501 e. The lowest BCUT2D eigenvalue weighted by Crippen LogP contribution is -2.40. The van der Waals surface area contributed by atoms with Gasteiger partial charge in [0.15, 0.2) is 5.50 Å². The SMILES string of the molecule is COC1=C(C)C(c2cc3c(c(N)n2)=NC(SC)NC=3)=C(Cl)C(OC)C1. The largest absolute Gasteiger partial charge is 0.501 e. The molecule has 0 amide bonds. The molecule has 1 aromatic heterocycles. The first-order valence-electron chi connectivity index (χ1n) is 7.80. The average molecular weight is 381 g/mol. The van der Waals surface area contributed by atoms with E-state index in [-0.39, 0.29) is 11.6 Å². The lowest BCUT2D eigenvalue weighted by atomic mass is 9.92. The van der Waals surface area contributed by atoms with Gasteiger partial charge >= 0.3 is 0 Å². The highest BCUT2D eigenvalue weighted by atomic mass is 35.5. The molecule has 1 aromatic rings. The van der Waals surface area contributed by atoms with Crippen molar-refractivity contribution in [3.8, 4) is 0 Å². The second-order valence-corrected chi connectivity index (χ2v) is 7.09. The Morgan fingerprint density at radius 1 is 1.40 bits per heavy atom. The lowest BCUT2D eigenvalue weighted by molar-refractivity contribution is 0.118. The van der Waals surface area contributed by atoms with Gasteiger partial charge in [-0.3, -0.25) is 0 Å². The van der Waals surface area contributed by atoms with Crippen LogP contribution in [-0.4, -0.2) is 37.1 Å². The van der Waals surface area contributed by atoms with Crippen LogP contribution < -0.4 is 21.6 Å². The number of fused-ring (bicyclic) bond motifs is 1. The zero-order valence-corrected chi connectivity index (χ0v) is 16.2. The lowest BCUT2D eigenvalue weighted by Gasteiger charge is -2.27. The first-order chi connectivity index (χ1) is 12.0. The Kier molecular flexibility index (Phi) is 5.27. The minimum absolute atomic E-state index is 0.0560. The van der Waals surface area contributed by atoms with Crippen molar-refractivity contribution in [3.05, 3.63) is 38.7 Å². The van der Waals surface area contributed by atoms with Crippen LogP contribution in [0.3, 0.4) is 0 Å². The van der Waals surface area contributed by atoms with Crippen molar-refractivity contribution in [2.45, 2.75) is 24.9 Å². The van der Waals surface area contributed by atoms with Crippen LogP contribution in [0.2, 0.25) is 0 Å². The summed E-state index contributed by atoms with van der Waals surface area (Å²) >= 11 is 8.21. The number of rotatable bonds is 4. The number of pyridine rings is 1. The minimum atomic E-state index is -0.262. The molecule has 6 nitrogen and oxygen atoms in total. The Balaban J connectivity index is 2.20. The van der Waals surface area contributed by atoms with E-state index in [2.05, 4.69) is 15.3 Å². The Labute approximate surface area is 155 Å². The van der Waals surface area contributed by atoms with Gasteiger partial charge in [-0.2, -0.15) is 0 Å². The summed E-state index contributed by atoms with van der Waals surface area (Å²) in [7, 11) is 3.28. The van der Waals surface area contributed by atoms with Crippen LogP contribution >= 0.6 is 23.4 Å². The van der Waals surface area contributed by atoms with Gasteiger partial charge in [0.25, 0.3) is 0 Å². The van der Waals surface area contributed by atoms with E-state index in [0.717, 1.165) is 22.1 Å². The van der Waals surface area contributed by atoms with Crippen molar-refractivity contribution < 1.29 is 9.47 Å². The molecule has 8 heteroatoms. The van der Waals surface area contributed by atoms with Crippen molar-refractivity contribution in [1.29, 1.82) is 0 Å². The third-order valence-electron chi connectivity index (χ3n) is 4.37. The van der Waals surface area contributed by atoms with Gasteiger partial charge in [0.1, 0.15) is 23.0 Å². The van der Waals surface area contributed by atoms with Crippen LogP contribution in [0.1, 0.15) is 19.0 Å². The van der Waals surface area contributed by atoms with Crippen molar-refractivity contribution in [3.63, 3.8) is 0 Å². The van der Waals surface area contributed by atoms with E-state index in [1.54, 1.807) is 26.0 Å². The number of thioether (sulfide) groups is 1. The number of allylic oxidation sites excluding steroid dienone is 2. The van der Waals surface area contributed by atoms with Crippen LogP contribution in [0.5, 0.6) is 0 Å². The van der Waals surface area contributed by atoms with Gasteiger partial charge in [0, 0.05) is 30.5 Å². The maximum Gasteiger partial charge on any atom is 0.166 e. The average Bonchev–Trinajstić information content (AvgIpc) is 2.62. The van der Waals surface area contributed by atoms with Gasteiger partial charge in [-0.25, -0.2) is 9.98 Å². The predicted molar refractivity (Wildman–Crippen MR) is 102 cm³/mol. The topological polar surface area (TPSA) is 81.8 Å². The molecule has 3 rings (SSSR count). The van der Waals surface area contributed by atoms with E-state index >= 15 is 0 Å². The van der Waals surface area contributed by atoms with E-state index in [1.807, 2.05) is 25.4 Å². The first-order valence-corrected chi connectivity index (χ1v) is 9.47. The maximum atomic E-state index is 6.61. The third-order valence-corrected chi connectivity index (χ3v) is 5.49. The number of aromatic nitrogens is 1. The molecule has 1 aliphatic carbocycles. The second-order valence-electron chi connectivity index (χ2n) is 5.76. The number of ether oxygens (including phenoxy) is 2. The van der Waals surface area contributed by atoms with Crippen molar-refractivity contribution in [2.75, 3.05) is 26.2 Å². The molecule has 3 N–H and O–H groups in total. The summed E-state index contributed by atoms with van der Waals surface area (Å²) in [5.41, 5.74) is 8.55. The quantitative estimate of drug-likeness (QED) is 0.825. The molecule has 2 heterocycles. The molecule has 0 saturated heterocycles. The fourth-order valence-electron chi connectivity index (χ4n) is 3.02. The fraction of sp³-hybridized carbons (Fsp3) is 0.412. The number of methoxy groups -OCH3 is 2. The van der Waals surface area contributed by atoms with Gasteiger partial charge < -0.3 is 20.5 Å². The number of halogens is 1. The number of hydrogen-bond donors (Lipinski definition) is 2. The second kappa shape index (κ2) is 7.27.